The van der Waals surface area contributed by atoms with Crippen LogP contribution in [0.25, 0.3) is 0 Å². The summed E-state index contributed by atoms with van der Waals surface area (Å²) in [5, 5.41) is 4.67. The van der Waals surface area contributed by atoms with Gasteiger partial charge < -0.3 is 11.1 Å². The van der Waals surface area contributed by atoms with Crippen molar-refractivity contribution in [2.75, 3.05) is 13.1 Å². The minimum absolute atomic E-state index is 0.139. The van der Waals surface area contributed by atoms with Gasteiger partial charge in [-0.25, -0.2) is 0 Å². The Kier molecular flexibility index (Phi) is 7.02. The van der Waals surface area contributed by atoms with E-state index in [0.29, 0.717) is 22.5 Å². The van der Waals surface area contributed by atoms with Crippen LogP contribution in [0.15, 0.2) is 18.2 Å². The smallest absolute Gasteiger partial charge is 0.0595 e. The summed E-state index contributed by atoms with van der Waals surface area (Å²) in [6, 6.07) is 5.83. The molecule has 3 N–H and O–H groups in total. The van der Waals surface area contributed by atoms with Crippen LogP contribution in [0.4, 0.5) is 0 Å². The summed E-state index contributed by atoms with van der Waals surface area (Å²) in [6.07, 6.45) is 2.37. The van der Waals surface area contributed by atoms with Crippen molar-refractivity contribution < 1.29 is 0 Å². The molecule has 0 aliphatic carbocycles. The first-order chi connectivity index (χ1) is 8.62. The van der Waals surface area contributed by atoms with Crippen molar-refractivity contribution in [3.8, 4) is 0 Å². The molecule has 0 saturated heterocycles. The number of halogens is 2. The maximum atomic E-state index is 6.03. The molecule has 0 saturated carbocycles. The van der Waals surface area contributed by atoms with E-state index in [4.69, 9.17) is 28.9 Å². The standard InChI is InChI=1S/C14H22Cl2N2/c1-3-10(4-2)9-18-14(8-17)11-5-6-12(15)13(16)7-11/h5-7,10,14,18H,3-4,8-9,17H2,1-2H3. The van der Waals surface area contributed by atoms with Gasteiger partial charge >= 0.3 is 0 Å². The number of benzene rings is 1. The van der Waals surface area contributed by atoms with E-state index in [1.807, 2.05) is 18.2 Å². The second kappa shape index (κ2) is 8.00. The van der Waals surface area contributed by atoms with Gasteiger partial charge in [-0.15, -0.1) is 0 Å². The first kappa shape index (κ1) is 15.8. The van der Waals surface area contributed by atoms with Gasteiger partial charge in [0.1, 0.15) is 0 Å². The molecule has 0 aromatic heterocycles. The van der Waals surface area contributed by atoms with Gasteiger partial charge in [-0.1, -0.05) is 56.0 Å². The zero-order valence-electron chi connectivity index (χ0n) is 11.0. The molecule has 1 aromatic carbocycles. The highest BCUT2D eigenvalue weighted by molar-refractivity contribution is 6.42. The molecule has 0 bridgehead atoms. The number of hydrogen-bond acceptors (Lipinski definition) is 2. The van der Waals surface area contributed by atoms with Crippen LogP contribution in [0, 0.1) is 5.92 Å². The Hall–Kier alpha value is -0.280. The molecule has 1 atom stereocenters. The third kappa shape index (κ3) is 4.43. The quantitative estimate of drug-likeness (QED) is 0.795. The molecule has 1 aromatic rings. The molecule has 0 amide bonds. The molecule has 0 aliphatic heterocycles. The van der Waals surface area contributed by atoms with Gasteiger partial charge in [0.25, 0.3) is 0 Å². The molecule has 102 valence electrons. The SMILES string of the molecule is CCC(CC)CNC(CN)c1ccc(Cl)c(Cl)c1. The zero-order valence-corrected chi connectivity index (χ0v) is 12.6. The highest BCUT2D eigenvalue weighted by Gasteiger charge is 2.12. The van der Waals surface area contributed by atoms with E-state index in [0.717, 1.165) is 12.1 Å². The van der Waals surface area contributed by atoms with E-state index in [-0.39, 0.29) is 6.04 Å². The number of nitrogens with two attached hydrogens (primary N) is 1. The Morgan fingerprint density at radius 1 is 1.17 bits per heavy atom. The van der Waals surface area contributed by atoms with E-state index in [2.05, 4.69) is 19.2 Å². The van der Waals surface area contributed by atoms with Gasteiger partial charge in [0.05, 0.1) is 10.0 Å². The Bertz CT molecular complexity index is 365. The van der Waals surface area contributed by atoms with Crippen molar-refractivity contribution in [2.45, 2.75) is 32.7 Å². The van der Waals surface area contributed by atoms with Gasteiger partial charge in [-0.05, 0) is 30.2 Å². The average Bonchev–Trinajstić information content (AvgIpc) is 2.38. The maximum Gasteiger partial charge on any atom is 0.0595 e. The highest BCUT2D eigenvalue weighted by atomic mass is 35.5. The van der Waals surface area contributed by atoms with Gasteiger partial charge in [0.15, 0.2) is 0 Å². The molecule has 0 aliphatic rings. The maximum absolute atomic E-state index is 6.03. The largest absolute Gasteiger partial charge is 0.329 e. The lowest BCUT2D eigenvalue weighted by Gasteiger charge is -2.21. The van der Waals surface area contributed by atoms with Crippen LogP contribution >= 0.6 is 23.2 Å². The lowest BCUT2D eigenvalue weighted by molar-refractivity contribution is 0.414. The van der Waals surface area contributed by atoms with Gasteiger partial charge in [-0.2, -0.15) is 0 Å². The van der Waals surface area contributed by atoms with Gasteiger partial charge in [0, 0.05) is 12.6 Å². The van der Waals surface area contributed by atoms with Crippen LogP contribution in [0.1, 0.15) is 38.3 Å². The number of rotatable bonds is 7. The summed E-state index contributed by atoms with van der Waals surface area (Å²) < 4.78 is 0. The van der Waals surface area contributed by atoms with Crippen molar-refractivity contribution in [1.29, 1.82) is 0 Å². The van der Waals surface area contributed by atoms with Crippen LogP contribution in [-0.4, -0.2) is 13.1 Å². The topological polar surface area (TPSA) is 38.0 Å². The fourth-order valence-corrected chi connectivity index (χ4v) is 2.26. The Labute approximate surface area is 120 Å². The summed E-state index contributed by atoms with van der Waals surface area (Å²) in [5.74, 6) is 0.696. The molecule has 2 nitrogen and oxygen atoms in total. The molecule has 0 fully saturated rings. The normalized spacial score (nSPS) is 13.0. The monoisotopic (exact) mass is 288 g/mol. The van der Waals surface area contributed by atoms with Crippen molar-refractivity contribution in [2.24, 2.45) is 11.7 Å². The van der Waals surface area contributed by atoms with E-state index < -0.39 is 0 Å². The highest BCUT2D eigenvalue weighted by Crippen LogP contribution is 2.25. The fraction of sp³-hybridized carbons (Fsp3) is 0.571. The Morgan fingerprint density at radius 2 is 1.83 bits per heavy atom. The van der Waals surface area contributed by atoms with E-state index in [9.17, 15) is 0 Å². The van der Waals surface area contributed by atoms with E-state index >= 15 is 0 Å². The van der Waals surface area contributed by atoms with Crippen LogP contribution in [0.2, 0.25) is 10.0 Å². The van der Waals surface area contributed by atoms with Crippen molar-refractivity contribution >= 4 is 23.2 Å². The van der Waals surface area contributed by atoms with Crippen LogP contribution in [0.5, 0.6) is 0 Å². The van der Waals surface area contributed by atoms with Crippen molar-refractivity contribution in [3.05, 3.63) is 33.8 Å². The fourth-order valence-electron chi connectivity index (χ4n) is 1.95. The minimum atomic E-state index is 0.139. The average molecular weight is 289 g/mol. The molecule has 0 spiro atoms. The zero-order chi connectivity index (χ0) is 13.5. The van der Waals surface area contributed by atoms with Gasteiger partial charge in [0.2, 0.25) is 0 Å². The van der Waals surface area contributed by atoms with Crippen LogP contribution in [0.3, 0.4) is 0 Å². The Balaban J connectivity index is 2.67. The molecule has 0 radical (unpaired) electrons. The summed E-state index contributed by atoms with van der Waals surface area (Å²) in [5.41, 5.74) is 6.92. The van der Waals surface area contributed by atoms with E-state index in [1.54, 1.807) is 0 Å². The molecular formula is C14H22Cl2N2. The predicted molar refractivity (Wildman–Crippen MR) is 80.3 cm³/mol. The van der Waals surface area contributed by atoms with Crippen LogP contribution < -0.4 is 11.1 Å². The van der Waals surface area contributed by atoms with Crippen molar-refractivity contribution in [1.82, 2.24) is 5.32 Å². The summed E-state index contributed by atoms with van der Waals surface area (Å²) in [7, 11) is 0. The second-order valence-corrected chi connectivity index (χ2v) is 5.37. The molecular weight excluding hydrogens is 267 g/mol. The second-order valence-electron chi connectivity index (χ2n) is 4.55. The Morgan fingerprint density at radius 3 is 2.33 bits per heavy atom. The number of nitrogens with one attached hydrogen (secondary N) is 1. The summed E-state index contributed by atoms with van der Waals surface area (Å²) in [4.78, 5) is 0. The van der Waals surface area contributed by atoms with Crippen LogP contribution in [-0.2, 0) is 0 Å². The third-order valence-electron chi connectivity index (χ3n) is 3.39. The van der Waals surface area contributed by atoms with Gasteiger partial charge in [-0.3, -0.25) is 0 Å². The van der Waals surface area contributed by atoms with Crippen molar-refractivity contribution in [3.63, 3.8) is 0 Å². The first-order valence-electron chi connectivity index (χ1n) is 6.50. The summed E-state index contributed by atoms with van der Waals surface area (Å²) >= 11 is 11.9. The predicted octanol–water partition coefficient (Wildman–Crippen LogP) is 4.02. The third-order valence-corrected chi connectivity index (χ3v) is 4.13. The number of hydrogen-bond donors (Lipinski definition) is 2. The molecule has 1 unspecified atom stereocenters. The molecule has 1 rings (SSSR count). The van der Waals surface area contributed by atoms with E-state index in [1.165, 1.54) is 12.8 Å². The lowest BCUT2D eigenvalue weighted by Crippen LogP contribution is -2.32. The molecule has 0 heterocycles. The molecule has 4 heteroatoms. The minimum Gasteiger partial charge on any atom is -0.329 e. The first-order valence-corrected chi connectivity index (χ1v) is 7.26. The lowest BCUT2D eigenvalue weighted by atomic mass is 10.0. The summed E-state index contributed by atoms with van der Waals surface area (Å²) in [6.45, 7) is 5.96. The molecule has 18 heavy (non-hydrogen) atoms.